The van der Waals surface area contributed by atoms with Gasteiger partial charge in [-0.1, -0.05) is 6.92 Å². The molecule has 1 aromatic heterocycles. The molecule has 0 radical (unpaired) electrons. The molecule has 1 N–H and O–H groups in total. The van der Waals surface area contributed by atoms with Crippen molar-refractivity contribution >= 4 is 0 Å². The number of halogens is 3. The zero-order chi connectivity index (χ0) is 14.5. The third-order valence-electron chi connectivity index (χ3n) is 2.72. The summed E-state index contributed by atoms with van der Waals surface area (Å²) in [5, 5.41) is 3.25. The molecule has 0 aliphatic rings. The molecular formula is C13H19F3N2O. The standard InChI is InChI=1S/C13H19F3N2O/c1-4-6-17-9(2)11-5-7-18-12(8-11)19-10(3)13(14,15)16/h5,7-10,17H,4,6H2,1-3H3. The van der Waals surface area contributed by atoms with Gasteiger partial charge in [0.05, 0.1) is 0 Å². The highest BCUT2D eigenvalue weighted by molar-refractivity contribution is 5.23. The van der Waals surface area contributed by atoms with Crippen molar-refractivity contribution in [3.63, 3.8) is 0 Å². The van der Waals surface area contributed by atoms with Crippen LogP contribution in [0.15, 0.2) is 18.3 Å². The van der Waals surface area contributed by atoms with Gasteiger partial charge in [-0.2, -0.15) is 13.2 Å². The fourth-order valence-corrected chi connectivity index (χ4v) is 1.49. The quantitative estimate of drug-likeness (QED) is 0.863. The number of nitrogens with zero attached hydrogens (tertiary/aromatic N) is 1. The number of alkyl halides is 3. The van der Waals surface area contributed by atoms with E-state index in [0.29, 0.717) is 0 Å². The molecule has 0 fully saturated rings. The maximum Gasteiger partial charge on any atom is 0.425 e. The largest absolute Gasteiger partial charge is 0.465 e. The van der Waals surface area contributed by atoms with Crippen LogP contribution in [0.2, 0.25) is 0 Å². The highest BCUT2D eigenvalue weighted by atomic mass is 19.4. The van der Waals surface area contributed by atoms with Crippen molar-refractivity contribution in [3.05, 3.63) is 23.9 Å². The minimum absolute atomic E-state index is 0.00697. The zero-order valence-corrected chi connectivity index (χ0v) is 11.3. The van der Waals surface area contributed by atoms with E-state index < -0.39 is 12.3 Å². The third-order valence-corrected chi connectivity index (χ3v) is 2.72. The minimum atomic E-state index is -4.39. The second kappa shape index (κ2) is 6.75. The maximum atomic E-state index is 12.4. The second-order valence-corrected chi connectivity index (χ2v) is 4.40. The lowest BCUT2D eigenvalue weighted by Crippen LogP contribution is -2.31. The molecule has 0 bridgehead atoms. The number of hydrogen-bond acceptors (Lipinski definition) is 3. The van der Waals surface area contributed by atoms with E-state index in [4.69, 9.17) is 4.74 Å². The summed E-state index contributed by atoms with van der Waals surface area (Å²) < 4.78 is 42.0. The Morgan fingerprint density at radius 2 is 2.05 bits per heavy atom. The van der Waals surface area contributed by atoms with E-state index >= 15 is 0 Å². The van der Waals surface area contributed by atoms with E-state index in [1.807, 2.05) is 13.8 Å². The summed E-state index contributed by atoms with van der Waals surface area (Å²) in [5.74, 6) is -0.00697. The van der Waals surface area contributed by atoms with Crippen LogP contribution < -0.4 is 10.1 Å². The first-order chi connectivity index (χ1) is 8.84. The van der Waals surface area contributed by atoms with Gasteiger partial charge < -0.3 is 10.1 Å². The van der Waals surface area contributed by atoms with Gasteiger partial charge in [-0.05, 0) is 38.4 Å². The summed E-state index contributed by atoms with van der Waals surface area (Å²) in [6.07, 6.45) is -3.81. The zero-order valence-electron chi connectivity index (χ0n) is 11.3. The predicted octanol–water partition coefficient (Wildman–Crippen LogP) is 3.47. The van der Waals surface area contributed by atoms with Crippen molar-refractivity contribution in [1.82, 2.24) is 10.3 Å². The minimum Gasteiger partial charge on any atom is -0.465 e. The normalized spacial score (nSPS) is 15.1. The van der Waals surface area contributed by atoms with Crippen LogP contribution in [0.3, 0.4) is 0 Å². The van der Waals surface area contributed by atoms with Crippen molar-refractivity contribution in [2.45, 2.75) is 45.5 Å². The molecule has 19 heavy (non-hydrogen) atoms. The van der Waals surface area contributed by atoms with Gasteiger partial charge in [0.1, 0.15) is 0 Å². The Bertz CT molecular complexity index is 396. The SMILES string of the molecule is CCCNC(C)c1ccnc(OC(C)C(F)(F)F)c1. The second-order valence-electron chi connectivity index (χ2n) is 4.40. The number of aromatic nitrogens is 1. The van der Waals surface area contributed by atoms with E-state index in [2.05, 4.69) is 10.3 Å². The molecule has 3 nitrogen and oxygen atoms in total. The van der Waals surface area contributed by atoms with Crippen LogP contribution in [-0.4, -0.2) is 23.8 Å². The Labute approximate surface area is 111 Å². The van der Waals surface area contributed by atoms with Crippen molar-refractivity contribution in [2.75, 3.05) is 6.54 Å². The molecule has 2 unspecified atom stereocenters. The van der Waals surface area contributed by atoms with Gasteiger partial charge in [0.25, 0.3) is 0 Å². The highest BCUT2D eigenvalue weighted by Crippen LogP contribution is 2.25. The third kappa shape index (κ3) is 5.06. The highest BCUT2D eigenvalue weighted by Gasteiger charge is 2.38. The van der Waals surface area contributed by atoms with Gasteiger partial charge in [-0.3, -0.25) is 0 Å². The number of rotatable bonds is 6. The van der Waals surface area contributed by atoms with Gasteiger partial charge >= 0.3 is 6.18 Å². The van der Waals surface area contributed by atoms with Crippen LogP contribution in [0.4, 0.5) is 13.2 Å². The number of hydrogen-bond donors (Lipinski definition) is 1. The average Bonchev–Trinajstić information content (AvgIpc) is 2.35. The smallest absolute Gasteiger partial charge is 0.425 e. The molecule has 0 aromatic carbocycles. The molecule has 0 saturated carbocycles. The van der Waals surface area contributed by atoms with Gasteiger partial charge in [0.15, 0.2) is 6.10 Å². The molecule has 0 spiro atoms. The van der Waals surface area contributed by atoms with Crippen LogP contribution in [0.25, 0.3) is 0 Å². The number of nitrogens with one attached hydrogen (secondary N) is 1. The lowest BCUT2D eigenvalue weighted by atomic mass is 10.1. The Hall–Kier alpha value is -1.30. The van der Waals surface area contributed by atoms with Crippen molar-refractivity contribution < 1.29 is 17.9 Å². The topological polar surface area (TPSA) is 34.2 Å². The molecule has 0 saturated heterocycles. The first-order valence-electron chi connectivity index (χ1n) is 6.27. The average molecular weight is 276 g/mol. The van der Waals surface area contributed by atoms with E-state index in [9.17, 15) is 13.2 Å². The van der Waals surface area contributed by atoms with E-state index in [0.717, 1.165) is 25.5 Å². The number of ether oxygens (including phenoxy) is 1. The fraction of sp³-hybridized carbons (Fsp3) is 0.615. The summed E-state index contributed by atoms with van der Waals surface area (Å²) in [6.45, 7) is 5.81. The molecule has 2 atom stereocenters. The fourth-order valence-electron chi connectivity index (χ4n) is 1.49. The van der Waals surface area contributed by atoms with Gasteiger partial charge in [-0.15, -0.1) is 0 Å². The van der Waals surface area contributed by atoms with Crippen LogP contribution in [-0.2, 0) is 0 Å². The molecule has 0 aliphatic carbocycles. The molecule has 1 aromatic rings. The van der Waals surface area contributed by atoms with Crippen LogP contribution in [0.1, 0.15) is 38.8 Å². The van der Waals surface area contributed by atoms with Gasteiger partial charge in [0.2, 0.25) is 5.88 Å². The van der Waals surface area contributed by atoms with Gasteiger partial charge in [0, 0.05) is 18.3 Å². The summed E-state index contributed by atoms with van der Waals surface area (Å²) in [6, 6.07) is 3.35. The predicted molar refractivity (Wildman–Crippen MR) is 67.1 cm³/mol. The van der Waals surface area contributed by atoms with Crippen molar-refractivity contribution in [1.29, 1.82) is 0 Å². The molecular weight excluding hydrogens is 257 g/mol. The van der Waals surface area contributed by atoms with E-state index in [1.54, 1.807) is 6.07 Å². The summed E-state index contributed by atoms with van der Waals surface area (Å²) in [7, 11) is 0. The monoisotopic (exact) mass is 276 g/mol. The van der Waals surface area contributed by atoms with E-state index in [-0.39, 0.29) is 11.9 Å². The summed E-state index contributed by atoms with van der Waals surface area (Å²) in [4.78, 5) is 3.81. The van der Waals surface area contributed by atoms with Crippen LogP contribution in [0, 0.1) is 0 Å². The molecule has 1 heterocycles. The molecule has 1 rings (SSSR count). The molecule has 108 valence electrons. The summed E-state index contributed by atoms with van der Waals surface area (Å²) >= 11 is 0. The van der Waals surface area contributed by atoms with Gasteiger partial charge in [-0.25, -0.2) is 4.98 Å². The first-order valence-corrected chi connectivity index (χ1v) is 6.27. The van der Waals surface area contributed by atoms with Crippen LogP contribution >= 0.6 is 0 Å². The molecule has 6 heteroatoms. The van der Waals surface area contributed by atoms with Crippen molar-refractivity contribution in [2.24, 2.45) is 0 Å². The Morgan fingerprint density at radius 1 is 1.37 bits per heavy atom. The lowest BCUT2D eigenvalue weighted by molar-refractivity contribution is -0.190. The maximum absolute atomic E-state index is 12.4. The Kier molecular flexibility index (Phi) is 5.60. The van der Waals surface area contributed by atoms with E-state index in [1.165, 1.54) is 12.3 Å². The first kappa shape index (κ1) is 15.8. The Morgan fingerprint density at radius 3 is 2.63 bits per heavy atom. The van der Waals surface area contributed by atoms with Crippen LogP contribution in [0.5, 0.6) is 5.88 Å². The molecule has 0 aliphatic heterocycles. The van der Waals surface area contributed by atoms with Crippen molar-refractivity contribution in [3.8, 4) is 5.88 Å². The Balaban J connectivity index is 2.71. The lowest BCUT2D eigenvalue weighted by Gasteiger charge is -2.18. The molecule has 0 amide bonds. The number of pyridine rings is 1. The summed E-state index contributed by atoms with van der Waals surface area (Å²) in [5.41, 5.74) is 0.854.